The topological polar surface area (TPSA) is 50.9 Å². The molecule has 1 aromatic heterocycles. The highest BCUT2D eigenvalue weighted by molar-refractivity contribution is 7.99. The Balaban J connectivity index is 2.87. The Morgan fingerprint density at radius 2 is 2.50 bits per heavy atom. The molecule has 1 rings (SSSR count). The summed E-state index contributed by atoms with van der Waals surface area (Å²) in [6.45, 7) is 0.309. The maximum Gasteiger partial charge on any atom is 0.172 e. The second-order valence-electron chi connectivity index (χ2n) is 2.18. The Bertz CT molecular complexity index is 267. The van der Waals surface area contributed by atoms with E-state index in [1.807, 2.05) is 0 Å². The monoisotopic (exact) mass is 187 g/mol. The molecule has 0 aliphatic rings. The van der Waals surface area contributed by atoms with Crippen LogP contribution in [0.15, 0.2) is 12.3 Å². The van der Waals surface area contributed by atoms with Gasteiger partial charge in [0.1, 0.15) is 0 Å². The zero-order valence-corrected chi connectivity index (χ0v) is 7.49. The van der Waals surface area contributed by atoms with Gasteiger partial charge in [0.15, 0.2) is 11.6 Å². The number of nitrogens with one attached hydrogen (secondary N) is 1. The molecule has 5 heteroatoms. The maximum absolute atomic E-state index is 13.0. The van der Waals surface area contributed by atoms with E-state index in [1.54, 1.807) is 12.5 Å². The van der Waals surface area contributed by atoms with E-state index < -0.39 is 0 Å². The fourth-order valence-electron chi connectivity index (χ4n) is 0.761. The van der Waals surface area contributed by atoms with Crippen molar-refractivity contribution in [2.45, 2.75) is 6.54 Å². The lowest BCUT2D eigenvalue weighted by atomic mass is 10.3. The van der Waals surface area contributed by atoms with Crippen molar-refractivity contribution in [2.75, 3.05) is 11.0 Å². The van der Waals surface area contributed by atoms with Crippen LogP contribution in [0.25, 0.3) is 0 Å². The average Bonchev–Trinajstić information content (AvgIpc) is 2.09. The first-order valence-corrected chi connectivity index (χ1v) is 4.64. The molecule has 0 aromatic carbocycles. The van der Waals surface area contributed by atoms with Crippen LogP contribution in [0.2, 0.25) is 0 Å². The summed E-state index contributed by atoms with van der Waals surface area (Å²) in [5, 5.41) is 0. The van der Waals surface area contributed by atoms with Crippen molar-refractivity contribution in [3.63, 3.8) is 0 Å². The minimum Gasteiger partial charge on any atom is -0.326 e. The predicted molar refractivity (Wildman–Crippen MR) is 49.2 cm³/mol. The van der Waals surface area contributed by atoms with Gasteiger partial charge in [-0.25, -0.2) is 9.37 Å². The molecular weight excluding hydrogens is 177 g/mol. The van der Waals surface area contributed by atoms with Crippen LogP contribution in [0.3, 0.4) is 0 Å². The smallest absolute Gasteiger partial charge is 0.172 e. The van der Waals surface area contributed by atoms with Crippen LogP contribution in [-0.4, -0.2) is 11.2 Å². The average molecular weight is 187 g/mol. The number of hydrogen-bond acceptors (Lipinski definition) is 4. The van der Waals surface area contributed by atoms with Gasteiger partial charge in [-0.3, -0.25) is 0 Å². The fraction of sp³-hybridized carbons (Fsp3) is 0.286. The molecule has 0 aliphatic carbocycles. The summed E-state index contributed by atoms with van der Waals surface area (Å²) in [7, 11) is 0. The van der Waals surface area contributed by atoms with Crippen molar-refractivity contribution in [3.05, 3.63) is 23.6 Å². The maximum atomic E-state index is 13.0. The second kappa shape index (κ2) is 4.27. The van der Waals surface area contributed by atoms with Gasteiger partial charge in [0.2, 0.25) is 0 Å². The Morgan fingerprint density at radius 3 is 3.00 bits per heavy atom. The quantitative estimate of drug-likeness (QED) is 0.702. The number of pyridine rings is 1. The number of rotatable bonds is 3. The summed E-state index contributed by atoms with van der Waals surface area (Å²) in [4.78, 5) is 3.85. The molecule has 3 N–H and O–H groups in total. The van der Waals surface area contributed by atoms with Crippen molar-refractivity contribution >= 4 is 17.8 Å². The van der Waals surface area contributed by atoms with Gasteiger partial charge in [0, 0.05) is 19.0 Å². The van der Waals surface area contributed by atoms with E-state index in [0.29, 0.717) is 12.1 Å². The molecule has 0 bridgehead atoms. The van der Waals surface area contributed by atoms with Gasteiger partial charge in [0.25, 0.3) is 0 Å². The second-order valence-corrected chi connectivity index (χ2v) is 2.80. The molecule has 1 aromatic rings. The first kappa shape index (κ1) is 9.28. The van der Waals surface area contributed by atoms with E-state index in [4.69, 9.17) is 5.73 Å². The largest absolute Gasteiger partial charge is 0.326 e. The molecule has 0 fully saturated rings. The van der Waals surface area contributed by atoms with Crippen LogP contribution >= 0.6 is 11.9 Å². The van der Waals surface area contributed by atoms with Crippen molar-refractivity contribution in [2.24, 2.45) is 5.73 Å². The molecule has 66 valence electrons. The minimum absolute atomic E-state index is 0.250. The summed E-state index contributed by atoms with van der Waals surface area (Å²) in [6, 6.07) is 1.38. The Labute approximate surface area is 74.7 Å². The van der Waals surface area contributed by atoms with E-state index in [2.05, 4.69) is 9.71 Å². The Morgan fingerprint density at radius 1 is 1.75 bits per heavy atom. The zero-order valence-electron chi connectivity index (χ0n) is 6.67. The Kier molecular flexibility index (Phi) is 3.31. The lowest BCUT2D eigenvalue weighted by Crippen LogP contribution is -2.00. The number of hydrogen-bond donors (Lipinski definition) is 2. The molecule has 0 spiro atoms. The highest BCUT2D eigenvalue weighted by atomic mass is 32.2. The lowest BCUT2D eigenvalue weighted by Gasteiger charge is -2.03. The van der Waals surface area contributed by atoms with E-state index in [0.717, 1.165) is 0 Å². The van der Waals surface area contributed by atoms with Crippen LogP contribution in [0, 0.1) is 5.82 Å². The third kappa shape index (κ3) is 2.09. The van der Waals surface area contributed by atoms with Gasteiger partial charge in [-0.05, 0) is 11.6 Å². The zero-order chi connectivity index (χ0) is 8.97. The fourth-order valence-corrected chi connectivity index (χ4v) is 1.10. The number of anilines is 1. The van der Waals surface area contributed by atoms with Crippen LogP contribution < -0.4 is 10.5 Å². The molecular formula is C7H10FN3S. The normalized spacial score (nSPS) is 9.92. The van der Waals surface area contributed by atoms with Gasteiger partial charge in [0.05, 0.1) is 0 Å². The summed E-state index contributed by atoms with van der Waals surface area (Å²) in [5.41, 5.74) is 6.00. The van der Waals surface area contributed by atoms with E-state index in [-0.39, 0.29) is 11.6 Å². The molecule has 0 unspecified atom stereocenters. The molecule has 0 atom stereocenters. The van der Waals surface area contributed by atoms with Gasteiger partial charge in [-0.15, -0.1) is 0 Å². The van der Waals surface area contributed by atoms with Gasteiger partial charge >= 0.3 is 0 Å². The first-order chi connectivity index (χ1) is 5.77. The van der Waals surface area contributed by atoms with Crippen molar-refractivity contribution in [1.82, 2.24) is 4.98 Å². The lowest BCUT2D eigenvalue weighted by molar-refractivity contribution is 0.624. The summed E-state index contributed by atoms with van der Waals surface area (Å²) < 4.78 is 15.7. The van der Waals surface area contributed by atoms with E-state index >= 15 is 0 Å². The Hall–Kier alpha value is -0.810. The molecule has 3 nitrogen and oxygen atoms in total. The van der Waals surface area contributed by atoms with Crippen LogP contribution in [0.5, 0.6) is 0 Å². The van der Waals surface area contributed by atoms with Gasteiger partial charge in [-0.2, -0.15) is 0 Å². The standard InChI is InChI=1S/C7H10FN3S/c1-12-11-7-6(8)2-5(3-9)4-10-7/h2,4H,3,9H2,1H3,(H,10,11). The number of halogens is 1. The highest BCUT2D eigenvalue weighted by Gasteiger charge is 2.02. The minimum atomic E-state index is -0.368. The molecule has 0 amide bonds. The molecule has 12 heavy (non-hydrogen) atoms. The molecule has 0 radical (unpaired) electrons. The predicted octanol–water partition coefficient (Wildman–Crippen LogP) is 1.37. The number of nitrogens with zero attached hydrogens (tertiary/aromatic N) is 1. The summed E-state index contributed by atoms with van der Waals surface area (Å²) in [6.07, 6.45) is 3.36. The molecule has 0 saturated heterocycles. The van der Waals surface area contributed by atoms with Crippen molar-refractivity contribution in [3.8, 4) is 0 Å². The van der Waals surface area contributed by atoms with Crippen LogP contribution in [-0.2, 0) is 6.54 Å². The summed E-state index contributed by atoms with van der Waals surface area (Å²) >= 11 is 1.30. The summed E-state index contributed by atoms with van der Waals surface area (Å²) in [5.74, 6) is -0.119. The van der Waals surface area contributed by atoms with Crippen molar-refractivity contribution < 1.29 is 4.39 Å². The van der Waals surface area contributed by atoms with Crippen molar-refractivity contribution in [1.29, 1.82) is 0 Å². The first-order valence-electron chi connectivity index (χ1n) is 3.41. The third-order valence-electron chi connectivity index (χ3n) is 1.33. The number of aromatic nitrogens is 1. The molecule has 0 aliphatic heterocycles. The molecule has 0 saturated carbocycles. The van der Waals surface area contributed by atoms with E-state index in [1.165, 1.54) is 18.0 Å². The van der Waals surface area contributed by atoms with Gasteiger partial charge < -0.3 is 10.5 Å². The van der Waals surface area contributed by atoms with Crippen LogP contribution in [0.1, 0.15) is 5.56 Å². The van der Waals surface area contributed by atoms with E-state index in [9.17, 15) is 4.39 Å². The third-order valence-corrected chi connectivity index (χ3v) is 1.73. The van der Waals surface area contributed by atoms with Gasteiger partial charge in [-0.1, -0.05) is 11.9 Å². The highest BCUT2D eigenvalue weighted by Crippen LogP contribution is 2.13. The number of nitrogens with two attached hydrogens (primary N) is 1. The van der Waals surface area contributed by atoms with Crippen LogP contribution in [0.4, 0.5) is 10.2 Å². The molecule has 1 heterocycles. The SMILES string of the molecule is CSNc1ncc(CN)cc1F.